The van der Waals surface area contributed by atoms with Crippen LogP contribution in [0.15, 0.2) is 41.1 Å². The summed E-state index contributed by atoms with van der Waals surface area (Å²) in [5, 5.41) is 2.91. The minimum Gasteiger partial charge on any atom is -0.345 e. The molecular formula is C14H14BrN3O. The number of pyridine rings is 1. The number of carbonyl (C=O) groups excluding carboxylic acids is 1. The molecule has 2 aromatic rings. The van der Waals surface area contributed by atoms with E-state index in [4.69, 9.17) is 0 Å². The van der Waals surface area contributed by atoms with Gasteiger partial charge in [0, 0.05) is 22.9 Å². The maximum atomic E-state index is 12.2. The zero-order valence-electron chi connectivity index (χ0n) is 10.3. The summed E-state index contributed by atoms with van der Waals surface area (Å²) in [6.45, 7) is 0.452. The highest BCUT2D eigenvalue weighted by molar-refractivity contribution is 9.10. The zero-order chi connectivity index (χ0) is 13.2. The third kappa shape index (κ3) is 2.87. The average Bonchev–Trinajstić information content (AvgIpc) is 3.20. The van der Waals surface area contributed by atoms with E-state index in [1.807, 2.05) is 30.5 Å². The highest BCUT2D eigenvalue weighted by Crippen LogP contribution is 2.37. The fourth-order valence-corrected chi connectivity index (χ4v) is 2.48. The number of rotatable bonds is 4. The second kappa shape index (κ2) is 5.17. The molecule has 98 valence electrons. The topological polar surface area (TPSA) is 46.9 Å². The van der Waals surface area contributed by atoms with E-state index in [0.717, 1.165) is 23.0 Å². The molecule has 1 aliphatic carbocycles. The van der Waals surface area contributed by atoms with Gasteiger partial charge in [0.1, 0.15) is 5.69 Å². The predicted molar refractivity (Wildman–Crippen MR) is 75.8 cm³/mol. The van der Waals surface area contributed by atoms with E-state index in [0.29, 0.717) is 18.3 Å². The Bertz CT molecular complexity index is 590. The monoisotopic (exact) mass is 319 g/mol. The molecule has 5 heteroatoms. The molecule has 0 radical (unpaired) electrons. The van der Waals surface area contributed by atoms with E-state index in [2.05, 4.69) is 30.8 Å². The smallest absolute Gasteiger partial charge is 0.268 e. The second-order valence-corrected chi connectivity index (χ2v) is 5.60. The van der Waals surface area contributed by atoms with Crippen molar-refractivity contribution < 1.29 is 4.79 Å². The van der Waals surface area contributed by atoms with Gasteiger partial charge >= 0.3 is 0 Å². The van der Waals surface area contributed by atoms with Crippen LogP contribution in [0.3, 0.4) is 0 Å². The van der Waals surface area contributed by atoms with E-state index in [1.165, 1.54) is 0 Å². The van der Waals surface area contributed by atoms with Crippen molar-refractivity contribution in [3.05, 3.63) is 52.5 Å². The number of hydrogen-bond donors (Lipinski definition) is 1. The molecule has 3 rings (SSSR count). The van der Waals surface area contributed by atoms with Crippen LogP contribution in [0.2, 0.25) is 0 Å². The van der Waals surface area contributed by atoms with Gasteiger partial charge in [0.2, 0.25) is 0 Å². The van der Waals surface area contributed by atoms with Gasteiger partial charge in [-0.05, 0) is 47.0 Å². The Morgan fingerprint density at radius 2 is 2.32 bits per heavy atom. The van der Waals surface area contributed by atoms with Crippen molar-refractivity contribution in [2.75, 3.05) is 0 Å². The Morgan fingerprint density at radius 3 is 3.00 bits per heavy atom. The molecule has 0 atom stereocenters. The van der Waals surface area contributed by atoms with Crippen LogP contribution in [0.5, 0.6) is 0 Å². The third-order valence-electron chi connectivity index (χ3n) is 3.14. The van der Waals surface area contributed by atoms with E-state index < -0.39 is 0 Å². The Morgan fingerprint density at radius 1 is 1.47 bits per heavy atom. The maximum absolute atomic E-state index is 12.2. The largest absolute Gasteiger partial charge is 0.345 e. The number of nitrogens with one attached hydrogen (secondary N) is 1. The van der Waals surface area contributed by atoms with Crippen molar-refractivity contribution in [3.63, 3.8) is 0 Å². The predicted octanol–water partition coefficient (Wildman–Crippen LogP) is 2.91. The number of amides is 1. The summed E-state index contributed by atoms with van der Waals surface area (Å²) in [6.07, 6.45) is 6.02. The van der Waals surface area contributed by atoms with Gasteiger partial charge in [0.15, 0.2) is 0 Å². The molecule has 0 saturated heterocycles. The fraction of sp³-hybridized carbons (Fsp3) is 0.286. The number of halogens is 1. The van der Waals surface area contributed by atoms with Crippen LogP contribution in [0.25, 0.3) is 0 Å². The Kier molecular flexibility index (Phi) is 3.38. The summed E-state index contributed by atoms with van der Waals surface area (Å²) in [4.78, 5) is 16.4. The summed E-state index contributed by atoms with van der Waals surface area (Å²) in [7, 11) is 0. The van der Waals surface area contributed by atoms with Gasteiger partial charge in [-0.3, -0.25) is 9.78 Å². The SMILES string of the molecule is O=C(NCc1ccccn1)c1cc(Br)cn1C1CC1. The van der Waals surface area contributed by atoms with Gasteiger partial charge in [0.05, 0.1) is 12.2 Å². The summed E-state index contributed by atoms with van der Waals surface area (Å²) in [5.74, 6) is -0.0525. The lowest BCUT2D eigenvalue weighted by Crippen LogP contribution is -2.25. The third-order valence-corrected chi connectivity index (χ3v) is 3.58. The van der Waals surface area contributed by atoms with Crippen molar-refractivity contribution >= 4 is 21.8 Å². The van der Waals surface area contributed by atoms with E-state index in [9.17, 15) is 4.79 Å². The van der Waals surface area contributed by atoms with Crippen LogP contribution in [0.1, 0.15) is 35.1 Å². The van der Waals surface area contributed by atoms with Gasteiger partial charge in [-0.15, -0.1) is 0 Å². The number of nitrogens with zero attached hydrogens (tertiary/aromatic N) is 2. The van der Waals surface area contributed by atoms with Gasteiger partial charge in [-0.25, -0.2) is 0 Å². The van der Waals surface area contributed by atoms with Gasteiger partial charge in [0.25, 0.3) is 5.91 Å². The van der Waals surface area contributed by atoms with Crippen LogP contribution >= 0.6 is 15.9 Å². The van der Waals surface area contributed by atoms with Crippen molar-refractivity contribution in [3.8, 4) is 0 Å². The quantitative estimate of drug-likeness (QED) is 0.941. The molecule has 2 aromatic heterocycles. The molecule has 2 heterocycles. The highest BCUT2D eigenvalue weighted by atomic mass is 79.9. The van der Waals surface area contributed by atoms with Crippen molar-refractivity contribution in [2.45, 2.75) is 25.4 Å². The first-order valence-electron chi connectivity index (χ1n) is 6.29. The summed E-state index contributed by atoms with van der Waals surface area (Å²) in [6, 6.07) is 8.03. The lowest BCUT2D eigenvalue weighted by Gasteiger charge is -2.08. The molecule has 0 aliphatic heterocycles. The van der Waals surface area contributed by atoms with Crippen LogP contribution < -0.4 is 5.32 Å². The Hall–Kier alpha value is -1.62. The molecule has 0 unspecified atom stereocenters. The molecule has 0 aromatic carbocycles. The van der Waals surface area contributed by atoms with Crippen LogP contribution in [0.4, 0.5) is 0 Å². The summed E-state index contributed by atoms with van der Waals surface area (Å²) >= 11 is 3.43. The molecule has 0 spiro atoms. The molecule has 1 amide bonds. The lowest BCUT2D eigenvalue weighted by molar-refractivity contribution is 0.0941. The molecular weight excluding hydrogens is 306 g/mol. The molecule has 1 N–H and O–H groups in total. The van der Waals surface area contributed by atoms with Gasteiger partial charge < -0.3 is 9.88 Å². The van der Waals surface area contributed by atoms with E-state index >= 15 is 0 Å². The maximum Gasteiger partial charge on any atom is 0.268 e. The molecule has 1 saturated carbocycles. The van der Waals surface area contributed by atoms with Crippen LogP contribution in [0, 0.1) is 0 Å². The number of aromatic nitrogens is 2. The zero-order valence-corrected chi connectivity index (χ0v) is 11.9. The van der Waals surface area contributed by atoms with Crippen LogP contribution in [-0.4, -0.2) is 15.5 Å². The van der Waals surface area contributed by atoms with Gasteiger partial charge in [-0.2, -0.15) is 0 Å². The standard InChI is InChI=1S/C14H14BrN3O/c15-10-7-13(18(9-10)12-4-5-12)14(19)17-8-11-3-1-2-6-16-11/h1-3,6-7,9,12H,4-5,8H2,(H,17,19). The molecule has 0 bridgehead atoms. The molecule has 1 aliphatic rings. The second-order valence-electron chi connectivity index (χ2n) is 4.69. The van der Waals surface area contributed by atoms with Crippen molar-refractivity contribution in [1.82, 2.24) is 14.9 Å². The highest BCUT2D eigenvalue weighted by Gasteiger charge is 2.27. The van der Waals surface area contributed by atoms with Crippen molar-refractivity contribution in [1.29, 1.82) is 0 Å². The van der Waals surface area contributed by atoms with Crippen molar-refractivity contribution in [2.24, 2.45) is 0 Å². The first kappa shape index (κ1) is 12.4. The Labute approximate surface area is 120 Å². The first-order chi connectivity index (χ1) is 9.24. The average molecular weight is 320 g/mol. The Balaban J connectivity index is 1.70. The summed E-state index contributed by atoms with van der Waals surface area (Å²) < 4.78 is 3.00. The minimum absolute atomic E-state index is 0.0525. The molecule has 4 nitrogen and oxygen atoms in total. The number of hydrogen-bond acceptors (Lipinski definition) is 2. The van der Waals surface area contributed by atoms with Crippen LogP contribution in [-0.2, 0) is 6.54 Å². The molecule has 1 fully saturated rings. The lowest BCUT2D eigenvalue weighted by atomic mass is 10.3. The number of carbonyl (C=O) groups is 1. The fourth-order valence-electron chi connectivity index (χ4n) is 2.05. The van der Waals surface area contributed by atoms with Gasteiger partial charge in [-0.1, -0.05) is 6.07 Å². The minimum atomic E-state index is -0.0525. The molecule has 19 heavy (non-hydrogen) atoms. The summed E-state index contributed by atoms with van der Waals surface area (Å²) in [5.41, 5.74) is 1.57. The normalized spacial score (nSPS) is 14.4. The van der Waals surface area contributed by atoms with E-state index in [-0.39, 0.29) is 5.91 Å². The van der Waals surface area contributed by atoms with E-state index in [1.54, 1.807) is 6.20 Å². The first-order valence-corrected chi connectivity index (χ1v) is 7.09.